The van der Waals surface area contributed by atoms with E-state index in [2.05, 4.69) is 20.5 Å². The van der Waals surface area contributed by atoms with Crippen LogP contribution < -0.4 is 10.9 Å². The van der Waals surface area contributed by atoms with Crippen LogP contribution in [0.3, 0.4) is 0 Å². The zero-order chi connectivity index (χ0) is 17.4. The van der Waals surface area contributed by atoms with Crippen LogP contribution >= 0.6 is 0 Å². The monoisotopic (exact) mass is 337 g/mol. The van der Waals surface area contributed by atoms with Crippen LogP contribution in [0.5, 0.6) is 0 Å². The summed E-state index contributed by atoms with van der Waals surface area (Å²) in [4.78, 5) is 29.0. The van der Waals surface area contributed by atoms with Crippen molar-refractivity contribution in [1.82, 2.24) is 19.7 Å². The fourth-order valence-electron chi connectivity index (χ4n) is 2.93. The molecule has 128 valence electrons. The number of hydrogen-bond donors (Lipinski definition) is 2. The van der Waals surface area contributed by atoms with Gasteiger partial charge in [0.15, 0.2) is 5.82 Å². The Morgan fingerprint density at radius 2 is 2.24 bits per heavy atom. The lowest BCUT2D eigenvalue weighted by molar-refractivity contribution is -0.116. The number of nitrogens with zero attached hydrogens (tertiary/aromatic N) is 3. The number of aryl methyl sites for hydroxylation is 2. The maximum absolute atomic E-state index is 12.5. The van der Waals surface area contributed by atoms with E-state index in [-0.39, 0.29) is 24.4 Å². The molecule has 25 heavy (non-hydrogen) atoms. The van der Waals surface area contributed by atoms with E-state index < -0.39 is 0 Å². The van der Waals surface area contributed by atoms with Gasteiger partial charge in [0.05, 0.1) is 17.2 Å². The highest BCUT2D eigenvalue weighted by atomic mass is 16.2. The van der Waals surface area contributed by atoms with Crippen LogP contribution in [0.2, 0.25) is 0 Å². The third kappa shape index (κ3) is 3.17. The van der Waals surface area contributed by atoms with Crippen LogP contribution in [-0.4, -0.2) is 25.7 Å². The Morgan fingerprint density at radius 3 is 3.04 bits per heavy atom. The summed E-state index contributed by atoms with van der Waals surface area (Å²) >= 11 is 0. The Bertz CT molecular complexity index is 1000. The fraction of sp³-hybridized carbons (Fsp3) is 0.333. The highest BCUT2D eigenvalue weighted by Crippen LogP contribution is 2.39. The Kier molecular flexibility index (Phi) is 3.83. The molecule has 0 saturated heterocycles. The van der Waals surface area contributed by atoms with Crippen LogP contribution in [0.1, 0.15) is 36.4 Å². The summed E-state index contributed by atoms with van der Waals surface area (Å²) in [7, 11) is 0. The molecule has 0 radical (unpaired) electrons. The largest absolute Gasteiger partial charge is 0.309 e. The second-order valence-corrected chi connectivity index (χ2v) is 6.50. The third-order valence-electron chi connectivity index (χ3n) is 4.52. The molecule has 0 unspecified atom stereocenters. The van der Waals surface area contributed by atoms with E-state index in [9.17, 15) is 9.59 Å². The molecule has 0 atom stereocenters. The smallest absolute Gasteiger partial charge is 0.261 e. The maximum Gasteiger partial charge on any atom is 0.261 e. The second-order valence-electron chi connectivity index (χ2n) is 6.50. The first-order valence-corrected chi connectivity index (χ1v) is 8.42. The number of aromatic amines is 1. The molecule has 2 N–H and O–H groups in total. The van der Waals surface area contributed by atoms with Crippen molar-refractivity contribution in [3.05, 3.63) is 52.2 Å². The van der Waals surface area contributed by atoms with E-state index in [0.717, 1.165) is 11.3 Å². The maximum atomic E-state index is 12.5. The van der Waals surface area contributed by atoms with Crippen LogP contribution in [0.25, 0.3) is 10.9 Å². The zero-order valence-electron chi connectivity index (χ0n) is 14.0. The van der Waals surface area contributed by atoms with Crippen molar-refractivity contribution in [2.75, 3.05) is 5.32 Å². The minimum absolute atomic E-state index is 0.128. The normalized spacial score (nSPS) is 14.0. The molecule has 4 rings (SSSR count). The molecule has 3 aromatic rings. The van der Waals surface area contributed by atoms with Gasteiger partial charge in [-0.3, -0.25) is 19.3 Å². The van der Waals surface area contributed by atoms with Gasteiger partial charge in [-0.05, 0) is 31.4 Å². The number of carbonyl (C=O) groups is 1. The van der Waals surface area contributed by atoms with Gasteiger partial charge < -0.3 is 5.32 Å². The second kappa shape index (κ2) is 6.16. The van der Waals surface area contributed by atoms with Gasteiger partial charge in [0, 0.05) is 30.6 Å². The molecule has 0 bridgehead atoms. The minimum atomic E-state index is -0.176. The highest BCUT2D eigenvalue weighted by Gasteiger charge is 2.25. The summed E-state index contributed by atoms with van der Waals surface area (Å²) < 4.78 is 1.47. The summed E-state index contributed by atoms with van der Waals surface area (Å²) in [6.07, 6.45) is 4.04. The molecule has 1 aliphatic carbocycles. The number of rotatable bonds is 5. The SMILES string of the molecule is Cc1cccc2c(=O)n(CCC(=O)Nc3cc(C4CC4)[nH]n3)cnc12. The number of anilines is 1. The summed E-state index contributed by atoms with van der Waals surface area (Å²) in [5.74, 6) is 0.917. The first-order valence-electron chi connectivity index (χ1n) is 8.42. The Labute approximate surface area is 144 Å². The molecule has 1 fully saturated rings. The average Bonchev–Trinajstić information content (AvgIpc) is 3.35. The van der Waals surface area contributed by atoms with E-state index in [1.807, 2.05) is 25.1 Å². The van der Waals surface area contributed by atoms with E-state index in [1.54, 1.807) is 6.07 Å². The molecule has 1 aromatic carbocycles. The standard InChI is InChI=1S/C18H19N5O2/c1-11-3-2-4-13-17(11)19-10-23(18(13)25)8-7-16(24)20-15-9-14(21-22-15)12-5-6-12/h2-4,9-10,12H,5-8H2,1H3,(H2,20,21,22,24). The minimum Gasteiger partial charge on any atom is -0.309 e. The Balaban J connectivity index is 1.43. The van der Waals surface area contributed by atoms with Crippen LogP contribution in [0.15, 0.2) is 35.4 Å². The molecule has 1 amide bonds. The number of aromatic nitrogens is 4. The van der Waals surface area contributed by atoms with Crippen molar-refractivity contribution in [1.29, 1.82) is 0 Å². The van der Waals surface area contributed by atoms with Gasteiger partial charge in [0.2, 0.25) is 5.91 Å². The molecule has 1 aliphatic rings. The van der Waals surface area contributed by atoms with Gasteiger partial charge in [0.1, 0.15) is 0 Å². The number of carbonyl (C=O) groups excluding carboxylic acids is 1. The number of hydrogen-bond acceptors (Lipinski definition) is 4. The number of amides is 1. The molecule has 1 saturated carbocycles. The molecular formula is C18H19N5O2. The van der Waals surface area contributed by atoms with Crippen LogP contribution in [0.4, 0.5) is 5.82 Å². The highest BCUT2D eigenvalue weighted by molar-refractivity contribution is 5.89. The van der Waals surface area contributed by atoms with E-state index in [4.69, 9.17) is 0 Å². The zero-order valence-corrected chi connectivity index (χ0v) is 14.0. The van der Waals surface area contributed by atoms with Gasteiger partial charge in [-0.15, -0.1) is 0 Å². The number of benzene rings is 1. The van der Waals surface area contributed by atoms with Crippen molar-refractivity contribution >= 4 is 22.6 Å². The van der Waals surface area contributed by atoms with Gasteiger partial charge in [-0.1, -0.05) is 12.1 Å². The van der Waals surface area contributed by atoms with E-state index in [0.29, 0.717) is 22.6 Å². The number of fused-ring (bicyclic) bond motifs is 1. The fourth-order valence-corrected chi connectivity index (χ4v) is 2.93. The Hall–Kier alpha value is -2.96. The molecular weight excluding hydrogens is 318 g/mol. The van der Waals surface area contributed by atoms with Crippen molar-refractivity contribution in [3.8, 4) is 0 Å². The van der Waals surface area contributed by atoms with Gasteiger partial charge >= 0.3 is 0 Å². The quantitative estimate of drug-likeness (QED) is 0.747. The molecule has 2 heterocycles. The number of H-pyrrole nitrogens is 1. The average molecular weight is 337 g/mol. The van der Waals surface area contributed by atoms with Crippen molar-refractivity contribution in [3.63, 3.8) is 0 Å². The predicted molar refractivity (Wildman–Crippen MR) is 94.5 cm³/mol. The lowest BCUT2D eigenvalue weighted by Gasteiger charge is -2.07. The third-order valence-corrected chi connectivity index (χ3v) is 4.52. The van der Waals surface area contributed by atoms with Crippen molar-refractivity contribution in [2.24, 2.45) is 0 Å². The van der Waals surface area contributed by atoms with Crippen LogP contribution in [-0.2, 0) is 11.3 Å². The summed E-state index contributed by atoms with van der Waals surface area (Å²) in [5.41, 5.74) is 2.61. The first-order chi connectivity index (χ1) is 12.1. The molecule has 7 nitrogen and oxygen atoms in total. The van der Waals surface area contributed by atoms with E-state index in [1.165, 1.54) is 23.7 Å². The van der Waals surface area contributed by atoms with Crippen molar-refractivity contribution < 1.29 is 4.79 Å². The summed E-state index contributed by atoms with van der Waals surface area (Å²) in [5, 5.41) is 10.4. The Morgan fingerprint density at radius 1 is 1.40 bits per heavy atom. The molecule has 2 aromatic heterocycles. The lowest BCUT2D eigenvalue weighted by atomic mass is 10.1. The van der Waals surface area contributed by atoms with Crippen molar-refractivity contribution in [2.45, 2.75) is 38.6 Å². The number of nitrogens with one attached hydrogen (secondary N) is 2. The number of para-hydroxylation sites is 1. The molecule has 7 heteroatoms. The molecule has 0 spiro atoms. The molecule has 0 aliphatic heterocycles. The topological polar surface area (TPSA) is 92.7 Å². The van der Waals surface area contributed by atoms with Crippen LogP contribution in [0, 0.1) is 6.92 Å². The van der Waals surface area contributed by atoms with Gasteiger partial charge in [-0.25, -0.2) is 4.98 Å². The summed E-state index contributed by atoms with van der Waals surface area (Å²) in [6, 6.07) is 7.40. The first kappa shape index (κ1) is 15.6. The van der Waals surface area contributed by atoms with Gasteiger partial charge in [-0.2, -0.15) is 5.10 Å². The lowest BCUT2D eigenvalue weighted by Crippen LogP contribution is -2.24. The van der Waals surface area contributed by atoms with Gasteiger partial charge in [0.25, 0.3) is 5.56 Å². The van der Waals surface area contributed by atoms with E-state index >= 15 is 0 Å². The summed E-state index contributed by atoms with van der Waals surface area (Å²) in [6.45, 7) is 2.20. The predicted octanol–water partition coefficient (Wildman–Crippen LogP) is 2.33.